The van der Waals surface area contributed by atoms with Crippen molar-refractivity contribution in [1.29, 1.82) is 0 Å². The maximum Gasteiger partial charge on any atom is 0.222 e. The van der Waals surface area contributed by atoms with Gasteiger partial charge in [-0.2, -0.15) is 0 Å². The number of piperidine rings is 3. The number of phenolic OH excluding ortho intramolecular Hbond substituents is 1. The van der Waals surface area contributed by atoms with E-state index in [9.17, 15) is 14.7 Å². The normalized spacial score (nSPS) is 32.5. The van der Waals surface area contributed by atoms with Crippen LogP contribution >= 0.6 is 0 Å². The van der Waals surface area contributed by atoms with Gasteiger partial charge in [0.25, 0.3) is 0 Å². The van der Waals surface area contributed by atoms with E-state index in [-0.39, 0.29) is 35.9 Å². The predicted octanol–water partition coefficient (Wildman–Crippen LogP) is 1.44. The average Bonchev–Trinajstić information content (AvgIpc) is 3.05. The number of carbonyl (C=O) groups is 2. The van der Waals surface area contributed by atoms with Gasteiger partial charge in [0.05, 0.1) is 6.04 Å². The molecule has 3 atom stereocenters. The molecular weight excluding hydrogens is 330 g/mol. The first-order valence-electron chi connectivity index (χ1n) is 9.65. The summed E-state index contributed by atoms with van der Waals surface area (Å²) in [6.45, 7) is 2.90. The van der Waals surface area contributed by atoms with Crippen LogP contribution in [0.25, 0.3) is 0 Å². The van der Waals surface area contributed by atoms with Crippen molar-refractivity contribution < 1.29 is 14.7 Å². The predicted molar refractivity (Wildman–Crippen MR) is 97.5 cm³/mol. The molecule has 2 amide bonds. The molecule has 4 aliphatic rings. The number of benzene rings is 1. The summed E-state index contributed by atoms with van der Waals surface area (Å²) in [6, 6.07) is 8.07. The van der Waals surface area contributed by atoms with Gasteiger partial charge < -0.3 is 15.7 Å². The third-order valence-corrected chi connectivity index (χ3v) is 6.43. The van der Waals surface area contributed by atoms with E-state index in [1.165, 1.54) is 0 Å². The van der Waals surface area contributed by atoms with E-state index in [4.69, 9.17) is 5.73 Å². The van der Waals surface area contributed by atoms with Gasteiger partial charge in [0.2, 0.25) is 11.8 Å². The molecule has 4 fully saturated rings. The highest BCUT2D eigenvalue weighted by Crippen LogP contribution is 2.47. The van der Waals surface area contributed by atoms with Crippen LogP contribution in [0, 0.1) is 5.92 Å². The zero-order chi connectivity index (χ0) is 18.3. The monoisotopic (exact) mass is 357 g/mol. The summed E-state index contributed by atoms with van der Waals surface area (Å²) in [4.78, 5) is 28.5. The Hall–Kier alpha value is -2.08. The van der Waals surface area contributed by atoms with Gasteiger partial charge in [-0.25, -0.2) is 0 Å². The van der Waals surface area contributed by atoms with Gasteiger partial charge in [-0.1, -0.05) is 12.1 Å². The maximum atomic E-state index is 12.9. The Morgan fingerprint density at radius 3 is 2.62 bits per heavy atom. The molecule has 1 aromatic carbocycles. The molecule has 6 nitrogen and oxygen atoms in total. The van der Waals surface area contributed by atoms with Crippen molar-refractivity contribution in [3.05, 3.63) is 29.8 Å². The summed E-state index contributed by atoms with van der Waals surface area (Å²) in [5, 5.41) is 9.91. The number of aromatic hydroxyl groups is 1. The van der Waals surface area contributed by atoms with E-state index in [1.807, 2.05) is 12.1 Å². The number of nitrogens with two attached hydrogens (primary N) is 1. The molecule has 0 aromatic heterocycles. The molecule has 0 radical (unpaired) electrons. The molecule has 140 valence electrons. The first-order valence-corrected chi connectivity index (χ1v) is 9.65. The summed E-state index contributed by atoms with van der Waals surface area (Å²) >= 11 is 0. The van der Waals surface area contributed by atoms with Gasteiger partial charge in [-0.05, 0) is 56.0 Å². The lowest BCUT2D eigenvalue weighted by Gasteiger charge is -2.51. The quantitative estimate of drug-likeness (QED) is 0.835. The zero-order valence-corrected chi connectivity index (χ0v) is 15.0. The highest BCUT2D eigenvalue weighted by molar-refractivity contribution is 5.79. The van der Waals surface area contributed by atoms with Crippen LogP contribution in [0.5, 0.6) is 5.75 Å². The Morgan fingerprint density at radius 1 is 1.15 bits per heavy atom. The van der Waals surface area contributed by atoms with Gasteiger partial charge in [0.15, 0.2) is 0 Å². The second kappa shape index (κ2) is 6.91. The lowest BCUT2D eigenvalue weighted by molar-refractivity contribution is -0.136. The topological polar surface area (TPSA) is 86.9 Å². The van der Waals surface area contributed by atoms with Gasteiger partial charge in [-0.3, -0.25) is 14.5 Å². The van der Waals surface area contributed by atoms with Crippen LogP contribution < -0.4 is 5.73 Å². The van der Waals surface area contributed by atoms with E-state index in [0.717, 1.165) is 31.5 Å². The first kappa shape index (κ1) is 17.3. The minimum absolute atomic E-state index is 0.137. The van der Waals surface area contributed by atoms with Crippen molar-refractivity contribution in [1.82, 2.24) is 9.80 Å². The molecule has 4 heterocycles. The van der Waals surface area contributed by atoms with Gasteiger partial charge >= 0.3 is 0 Å². The molecule has 0 saturated carbocycles. The maximum absolute atomic E-state index is 12.9. The molecule has 0 spiro atoms. The Morgan fingerprint density at radius 2 is 1.92 bits per heavy atom. The number of hydrogen-bond donors (Lipinski definition) is 2. The molecule has 2 bridgehead atoms. The second-order valence-electron chi connectivity index (χ2n) is 7.92. The summed E-state index contributed by atoms with van der Waals surface area (Å²) in [6.07, 6.45) is 3.47. The molecule has 26 heavy (non-hydrogen) atoms. The molecule has 5 rings (SSSR count). The number of fused-ring (bicyclic) bond motifs is 2. The minimum Gasteiger partial charge on any atom is -0.508 e. The largest absolute Gasteiger partial charge is 0.508 e. The van der Waals surface area contributed by atoms with Crippen LogP contribution in [0.3, 0.4) is 0 Å². The molecule has 4 aliphatic heterocycles. The average molecular weight is 357 g/mol. The Balaban J connectivity index is 1.58. The molecule has 1 aromatic rings. The third kappa shape index (κ3) is 3.07. The van der Waals surface area contributed by atoms with Crippen LogP contribution in [-0.2, 0) is 9.59 Å². The van der Waals surface area contributed by atoms with Crippen molar-refractivity contribution in [2.45, 2.75) is 50.1 Å². The van der Waals surface area contributed by atoms with Crippen molar-refractivity contribution >= 4 is 11.8 Å². The van der Waals surface area contributed by atoms with Crippen molar-refractivity contribution in [2.24, 2.45) is 11.7 Å². The fraction of sp³-hybridized carbons (Fsp3) is 0.600. The van der Waals surface area contributed by atoms with E-state index in [0.29, 0.717) is 31.3 Å². The van der Waals surface area contributed by atoms with Gasteiger partial charge in [0, 0.05) is 31.3 Å². The van der Waals surface area contributed by atoms with E-state index in [2.05, 4.69) is 15.9 Å². The van der Waals surface area contributed by atoms with E-state index >= 15 is 0 Å². The zero-order valence-electron chi connectivity index (χ0n) is 15.0. The van der Waals surface area contributed by atoms with Gasteiger partial charge in [-0.15, -0.1) is 0 Å². The summed E-state index contributed by atoms with van der Waals surface area (Å²) in [5.74, 6) is 0.860. The Kier molecular flexibility index (Phi) is 4.61. The van der Waals surface area contributed by atoms with Gasteiger partial charge in [0.1, 0.15) is 5.75 Å². The number of phenols is 1. The molecule has 4 saturated heterocycles. The number of amides is 2. The van der Waals surface area contributed by atoms with E-state index in [1.54, 1.807) is 6.07 Å². The third-order valence-electron chi connectivity index (χ3n) is 6.43. The highest BCUT2D eigenvalue weighted by Gasteiger charge is 2.54. The Bertz CT molecular complexity index is 699. The summed E-state index contributed by atoms with van der Waals surface area (Å²) in [7, 11) is 0. The number of rotatable bonds is 5. The SMILES string of the molecule is NC(=O)CCCC(=O)N1C[C@H](c2cccc(O)c2)[C@H]2[C@@H]1C1CCN2CC1. The van der Waals surface area contributed by atoms with Crippen molar-refractivity contribution in [3.63, 3.8) is 0 Å². The highest BCUT2D eigenvalue weighted by atomic mass is 16.3. The van der Waals surface area contributed by atoms with Crippen LogP contribution in [0.1, 0.15) is 43.6 Å². The van der Waals surface area contributed by atoms with Crippen molar-refractivity contribution in [3.8, 4) is 5.75 Å². The van der Waals surface area contributed by atoms with Crippen LogP contribution in [0.15, 0.2) is 24.3 Å². The fourth-order valence-corrected chi connectivity index (χ4v) is 5.31. The standard InChI is InChI=1S/C20H27N3O3/c21-17(25)5-2-6-18(26)23-12-16(14-3-1-4-15(24)11-14)20-19(23)13-7-9-22(20)10-8-13/h1,3-4,11,13,16,19-20,24H,2,5-10,12H2,(H2,21,25)/t16-,19+,20+/m1/s1. The number of hydrogen-bond acceptors (Lipinski definition) is 4. The minimum atomic E-state index is -0.349. The molecule has 6 heteroatoms. The van der Waals surface area contributed by atoms with Crippen LogP contribution in [-0.4, -0.2) is 58.4 Å². The van der Waals surface area contributed by atoms with Crippen LogP contribution in [0.2, 0.25) is 0 Å². The Labute approximate surface area is 153 Å². The van der Waals surface area contributed by atoms with Crippen molar-refractivity contribution in [2.75, 3.05) is 19.6 Å². The molecule has 0 unspecified atom stereocenters. The number of carbonyl (C=O) groups excluding carboxylic acids is 2. The molecule has 3 N–H and O–H groups in total. The van der Waals surface area contributed by atoms with Crippen LogP contribution in [0.4, 0.5) is 0 Å². The number of nitrogens with zero attached hydrogens (tertiary/aromatic N) is 2. The van der Waals surface area contributed by atoms with E-state index < -0.39 is 0 Å². The number of primary amides is 1. The molecular formula is C20H27N3O3. The fourth-order valence-electron chi connectivity index (χ4n) is 5.31. The summed E-state index contributed by atoms with van der Waals surface area (Å²) < 4.78 is 0. The number of likely N-dealkylation sites (tertiary alicyclic amines) is 1. The first-order chi connectivity index (χ1) is 12.5. The lowest BCUT2D eigenvalue weighted by atomic mass is 9.75. The molecule has 0 aliphatic carbocycles. The second-order valence-corrected chi connectivity index (χ2v) is 7.92. The smallest absolute Gasteiger partial charge is 0.222 e. The lowest BCUT2D eigenvalue weighted by Crippen LogP contribution is -2.60. The summed E-state index contributed by atoms with van der Waals surface area (Å²) in [5.41, 5.74) is 6.32.